The molecule has 0 bridgehead atoms. The maximum absolute atomic E-state index is 13.0. The molecule has 0 aliphatic heterocycles. The fraction of sp³-hybridized carbons (Fsp3) is 0.355. The highest BCUT2D eigenvalue weighted by atomic mass is 16.1. The predicted octanol–water partition coefficient (Wildman–Crippen LogP) is 4.26. The minimum Gasteiger partial charge on any atom is -0.354 e. The Hall–Kier alpha value is -4.24. The molecular formula is C31H36N8O. The predicted molar refractivity (Wildman–Crippen MR) is 158 cm³/mol. The smallest absolute Gasteiger partial charge is 0.270 e. The van der Waals surface area contributed by atoms with Crippen molar-refractivity contribution in [3.05, 3.63) is 99.4 Å². The second kappa shape index (κ2) is 10.7. The molecule has 0 saturated heterocycles. The van der Waals surface area contributed by atoms with Gasteiger partial charge >= 0.3 is 0 Å². The summed E-state index contributed by atoms with van der Waals surface area (Å²) in [6.07, 6.45) is 6.87. The van der Waals surface area contributed by atoms with Crippen molar-refractivity contribution in [2.45, 2.75) is 57.9 Å². The third kappa shape index (κ3) is 5.42. The highest BCUT2D eigenvalue weighted by molar-refractivity contribution is 5.63. The Kier molecular flexibility index (Phi) is 6.98. The van der Waals surface area contributed by atoms with Gasteiger partial charge in [-0.15, -0.1) is 0 Å². The molecule has 4 N–H and O–H groups in total. The van der Waals surface area contributed by atoms with Gasteiger partial charge in [-0.1, -0.05) is 69.3 Å². The van der Waals surface area contributed by atoms with Crippen molar-refractivity contribution in [2.24, 2.45) is 0 Å². The Labute approximate surface area is 233 Å². The second-order valence-electron chi connectivity index (χ2n) is 11.6. The topological polar surface area (TPSA) is 116 Å². The van der Waals surface area contributed by atoms with E-state index in [2.05, 4.69) is 95.0 Å². The standard InChI is InChI=1S/C31H36N8O/c1-31(2,3)23-11-9-20(10-12-23)27-36-28-26(17-25-18-32-19-35-25)29(40)38-39(28)30(37-27)34-14-6-13-33-24-15-21-7-4-5-8-22(21)16-24/h4-5,7-12,18-19,24,33H,6,13-17H2,1-3H3,(H,32,35)(H,38,40)(H,34,36,37). The van der Waals surface area contributed by atoms with Crippen LogP contribution in [0.1, 0.15) is 55.1 Å². The van der Waals surface area contributed by atoms with Crippen molar-refractivity contribution in [3.63, 3.8) is 0 Å². The van der Waals surface area contributed by atoms with E-state index in [0.29, 0.717) is 42.0 Å². The largest absolute Gasteiger partial charge is 0.354 e. The van der Waals surface area contributed by atoms with Gasteiger partial charge in [-0.05, 0) is 47.9 Å². The van der Waals surface area contributed by atoms with Crippen LogP contribution in [0.25, 0.3) is 17.0 Å². The van der Waals surface area contributed by atoms with Gasteiger partial charge in [-0.25, -0.2) is 14.5 Å². The quantitative estimate of drug-likeness (QED) is 0.209. The molecular weight excluding hydrogens is 500 g/mol. The Morgan fingerprint density at radius 1 is 1.00 bits per heavy atom. The molecule has 0 saturated carbocycles. The molecule has 0 spiro atoms. The molecule has 3 aromatic heterocycles. The van der Waals surface area contributed by atoms with E-state index in [1.54, 1.807) is 17.0 Å². The molecule has 1 aliphatic rings. The molecule has 5 aromatic rings. The summed E-state index contributed by atoms with van der Waals surface area (Å²) in [7, 11) is 0. The Morgan fingerprint density at radius 2 is 1.75 bits per heavy atom. The number of H-pyrrole nitrogens is 2. The van der Waals surface area contributed by atoms with Crippen molar-refractivity contribution in [3.8, 4) is 11.4 Å². The van der Waals surface area contributed by atoms with Crippen LogP contribution >= 0.6 is 0 Å². The summed E-state index contributed by atoms with van der Waals surface area (Å²) in [6.45, 7) is 8.19. The van der Waals surface area contributed by atoms with Gasteiger partial charge in [0.05, 0.1) is 17.6 Å². The summed E-state index contributed by atoms with van der Waals surface area (Å²) in [5, 5.41) is 10.1. The van der Waals surface area contributed by atoms with Gasteiger partial charge in [-0.3, -0.25) is 9.89 Å². The number of hydrogen-bond acceptors (Lipinski definition) is 6. The molecule has 206 valence electrons. The summed E-state index contributed by atoms with van der Waals surface area (Å²) in [5.41, 5.74) is 6.81. The number of benzene rings is 2. The van der Waals surface area contributed by atoms with E-state index in [1.807, 2.05) is 0 Å². The van der Waals surface area contributed by atoms with Crippen LogP contribution in [-0.4, -0.2) is 48.7 Å². The number of hydrogen-bond donors (Lipinski definition) is 4. The van der Waals surface area contributed by atoms with E-state index in [4.69, 9.17) is 9.97 Å². The molecule has 40 heavy (non-hydrogen) atoms. The fourth-order valence-corrected chi connectivity index (χ4v) is 5.40. The number of fused-ring (bicyclic) bond motifs is 2. The number of imidazole rings is 1. The highest BCUT2D eigenvalue weighted by Crippen LogP contribution is 2.26. The van der Waals surface area contributed by atoms with Crippen LogP contribution in [0.5, 0.6) is 0 Å². The molecule has 2 aromatic carbocycles. The maximum atomic E-state index is 13.0. The van der Waals surface area contributed by atoms with E-state index >= 15 is 0 Å². The van der Waals surface area contributed by atoms with Gasteiger partial charge in [-0.2, -0.15) is 4.98 Å². The number of nitrogens with one attached hydrogen (secondary N) is 4. The van der Waals surface area contributed by atoms with Crippen LogP contribution in [0.15, 0.2) is 65.8 Å². The molecule has 0 atom stereocenters. The summed E-state index contributed by atoms with van der Waals surface area (Å²) in [6, 6.07) is 17.5. The lowest BCUT2D eigenvalue weighted by atomic mass is 9.87. The van der Waals surface area contributed by atoms with Crippen molar-refractivity contribution in [2.75, 3.05) is 18.4 Å². The zero-order chi connectivity index (χ0) is 27.7. The van der Waals surface area contributed by atoms with Crippen molar-refractivity contribution >= 4 is 11.6 Å². The van der Waals surface area contributed by atoms with Crippen LogP contribution in [0.4, 0.5) is 5.95 Å². The van der Waals surface area contributed by atoms with Crippen molar-refractivity contribution in [1.82, 2.24) is 34.9 Å². The number of aromatic nitrogens is 6. The second-order valence-corrected chi connectivity index (χ2v) is 11.6. The van der Waals surface area contributed by atoms with Crippen LogP contribution in [-0.2, 0) is 24.7 Å². The molecule has 0 fully saturated rings. The molecule has 0 amide bonds. The van der Waals surface area contributed by atoms with Gasteiger partial charge in [0, 0.05) is 30.8 Å². The number of anilines is 1. The van der Waals surface area contributed by atoms with Crippen molar-refractivity contribution in [1.29, 1.82) is 0 Å². The van der Waals surface area contributed by atoms with Gasteiger partial charge in [0.1, 0.15) is 0 Å². The van der Waals surface area contributed by atoms with Crippen LogP contribution in [0.3, 0.4) is 0 Å². The van der Waals surface area contributed by atoms with Gasteiger partial charge < -0.3 is 15.6 Å². The number of rotatable bonds is 9. The zero-order valence-corrected chi connectivity index (χ0v) is 23.3. The molecule has 9 nitrogen and oxygen atoms in total. The summed E-state index contributed by atoms with van der Waals surface area (Å²) in [5.74, 6) is 1.14. The lowest BCUT2D eigenvalue weighted by Crippen LogP contribution is -2.31. The van der Waals surface area contributed by atoms with Crippen LogP contribution in [0.2, 0.25) is 0 Å². The Balaban J connectivity index is 1.22. The van der Waals surface area contributed by atoms with Crippen LogP contribution in [0, 0.1) is 0 Å². The van der Waals surface area contributed by atoms with E-state index in [0.717, 1.165) is 37.1 Å². The first-order valence-corrected chi connectivity index (χ1v) is 14.0. The van der Waals surface area contributed by atoms with E-state index in [1.165, 1.54) is 16.7 Å². The first-order valence-electron chi connectivity index (χ1n) is 14.0. The summed E-state index contributed by atoms with van der Waals surface area (Å²) < 4.78 is 1.67. The average molecular weight is 537 g/mol. The molecule has 9 heteroatoms. The number of nitrogens with zero attached hydrogens (tertiary/aromatic N) is 4. The molecule has 1 aliphatic carbocycles. The van der Waals surface area contributed by atoms with Gasteiger partial charge in [0.2, 0.25) is 5.95 Å². The SMILES string of the molecule is CC(C)(C)c1ccc(-c2nc(NCCCNC3Cc4ccccc4C3)n3[nH]c(=O)c(Cc4c[nH]cn4)c3n2)cc1. The van der Waals surface area contributed by atoms with Crippen molar-refractivity contribution < 1.29 is 0 Å². The monoisotopic (exact) mass is 536 g/mol. The Bertz CT molecular complexity index is 1630. The summed E-state index contributed by atoms with van der Waals surface area (Å²) in [4.78, 5) is 30.0. The fourth-order valence-electron chi connectivity index (χ4n) is 5.40. The van der Waals surface area contributed by atoms with Gasteiger partial charge in [0.25, 0.3) is 5.56 Å². The van der Waals surface area contributed by atoms with E-state index in [-0.39, 0.29) is 11.0 Å². The van der Waals surface area contributed by atoms with Crippen LogP contribution < -0.4 is 16.2 Å². The molecule has 6 rings (SSSR count). The minimum atomic E-state index is -0.192. The summed E-state index contributed by atoms with van der Waals surface area (Å²) >= 11 is 0. The first-order chi connectivity index (χ1) is 19.3. The van der Waals surface area contributed by atoms with Gasteiger partial charge in [0.15, 0.2) is 11.5 Å². The normalized spacial score (nSPS) is 13.7. The van der Waals surface area contributed by atoms with E-state index in [9.17, 15) is 4.79 Å². The highest BCUT2D eigenvalue weighted by Gasteiger charge is 2.21. The average Bonchev–Trinajstić information content (AvgIpc) is 3.68. The Morgan fingerprint density at radius 3 is 2.42 bits per heavy atom. The number of aromatic amines is 2. The third-order valence-corrected chi connectivity index (χ3v) is 7.65. The lowest BCUT2D eigenvalue weighted by Gasteiger charge is -2.19. The maximum Gasteiger partial charge on any atom is 0.270 e. The molecule has 0 unspecified atom stereocenters. The molecule has 0 radical (unpaired) electrons. The molecule has 3 heterocycles. The minimum absolute atomic E-state index is 0.0516. The first kappa shape index (κ1) is 26.0. The zero-order valence-electron chi connectivity index (χ0n) is 23.3. The lowest BCUT2D eigenvalue weighted by molar-refractivity contribution is 0.527. The third-order valence-electron chi connectivity index (χ3n) is 7.65. The van der Waals surface area contributed by atoms with E-state index < -0.39 is 0 Å².